The quantitative estimate of drug-likeness (QED) is 0.666. The number of carbonyl (C=O) groups excluding carboxylic acids is 1. The van der Waals surface area contributed by atoms with Gasteiger partial charge in [-0.2, -0.15) is 0 Å². The fourth-order valence-electron chi connectivity index (χ4n) is 1.24. The van der Waals surface area contributed by atoms with Crippen molar-refractivity contribution in [1.82, 2.24) is 0 Å². The number of Topliss-reactive ketones (excluding diaryl/α,β-unsaturated/α-hetero) is 1. The molecule has 0 heterocycles. The second kappa shape index (κ2) is 5.61. The van der Waals surface area contributed by atoms with Crippen LogP contribution in [0.4, 0.5) is 0 Å². The third-order valence-corrected chi connectivity index (χ3v) is 3.37. The third kappa shape index (κ3) is 5.28. The van der Waals surface area contributed by atoms with Gasteiger partial charge in [0.15, 0.2) is 5.78 Å². The first-order valence-electron chi connectivity index (χ1n) is 5.10. The second-order valence-corrected chi connectivity index (χ2v) is 6.08. The van der Waals surface area contributed by atoms with Crippen molar-refractivity contribution < 1.29 is 17.9 Å². The molecule has 0 radical (unpaired) electrons. The van der Waals surface area contributed by atoms with Crippen LogP contribution in [-0.4, -0.2) is 38.4 Å². The molecule has 0 aliphatic carbocycles. The number of ketones is 1. The summed E-state index contributed by atoms with van der Waals surface area (Å²) in [6.07, 6.45) is 1.72. The van der Waals surface area contributed by atoms with E-state index < -0.39 is 15.4 Å². The molecule has 0 aromatic carbocycles. The Labute approximate surface area is 91.9 Å². The van der Waals surface area contributed by atoms with E-state index >= 15 is 0 Å². The minimum atomic E-state index is -3.08. The number of hydrogen-bond donors (Lipinski definition) is 0. The standard InChI is InChI=1S/C10H20O4S/c1-5-10(3,14-6-2)9(11)7-8-15(4,12)13/h5-8H2,1-4H3. The molecular weight excluding hydrogens is 216 g/mol. The zero-order valence-electron chi connectivity index (χ0n) is 9.87. The lowest BCUT2D eigenvalue weighted by Gasteiger charge is -2.26. The fourth-order valence-corrected chi connectivity index (χ4v) is 1.80. The van der Waals surface area contributed by atoms with Gasteiger partial charge in [-0.05, 0) is 20.3 Å². The molecule has 90 valence electrons. The molecule has 0 bridgehead atoms. The number of ether oxygens (including phenoxy) is 1. The maximum Gasteiger partial charge on any atom is 0.165 e. The number of sulfone groups is 1. The molecule has 0 aromatic heterocycles. The molecule has 0 aromatic rings. The minimum absolute atomic E-state index is 0.0309. The monoisotopic (exact) mass is 236 g/mol. The van der Waals surface area contributed by atoms with Crippen molar-refractivity contribution in [2.24, 2.45) is 0 Å². The SMILES string of the molecule is CCOC(C)(CC)C(=O)CCS(C)(=O)=O. The summed E-state index contributed by atoms with van der Waals surface area (Å²) in [5, 5.41) is 0. The molecule has 0 spiro atoms. The van der Waals surface area contributed by atoms with Crippen LogP contribution in [0.1, 0.15) is 33.6 Å². The molecule has 1 atom stereocenters. The molecule has 0 saturated carbocycles. The zero-order valence-corrected chi connectivity index (χ0v) is 10.7. The predicted octanol–water partition coefficient (Wildman–Crippen LogP) is 1.20. The molecule has 0 N–H and O–H groups in total. The van der Waals surface area contributed by atoms with Gasteiger partial charge in [-0.1, -0.05) is 6.92 Å². The molecule has 0 amide bonds. The summed E-state index contributed by atoms with van der Waals surface area (Å²) in [6, 6.07) is 0. The molecule has 15 heavy (non-hydrogen) atoms. The topological polar surface area (TPSA) is 60.4 Å². The average Bonchev–Trinajstić information content (AvgIpc) is 2.13. The lowest BCUT2D eigenvalue weighted by molar-refractivity contribution is -0.142. The summed E-state index contributed by atoms with van der Waals surface area (Å²) < 4.78 is 27.2. The first-order chi connectivity index (χ1) is 6.75. The van der Waals surface area contributed by atoms with Crippen molar-refractivity contribution in [1.29, 1.82) is 0 Å². The van der Waals surface area contributed by atoms with Gasteiger partial charge in [0.2, 0.25) is 0 Å². The fraction of sp³-hybridized carbons (Fsp3) is 0.900. The molecule has 4 nitrogen and oxygen atoms in total. The molecule has 1 unspecified atom stereocenters. The van der Waals surface area contributed by atoms with Gasteiger partial charge in [-0.25, -0.2) is 8.42 Å². The van der Waals surface area contributed by atoms with Gasteiger partial charge < -0.3 is 4.74 Å². The van der Waals surface area contributed by atoms with Gasteiger partial charge >= 0.3 is 0 Å². The van der Waals surface area contributed by atoms with E-state index in [0.717, 1.165) is 6.26 Å². The zero-order chi connectivity index (χ0) is 12.1. The third-order valence-electron chi connectivity index (χ3n) is 2.43. The predicted molar refractivity (Wildman–Crippen MR) is 59.7 cm³/mol. The van der Waals surface area contributed by atoms with Crippen LogP contribution in [0.5, 0.6) is 0 Å². The summed E-state index contributed by atoms with van der Waals surface area (Å²) in [6.45, 7) is 5.84. The van der Waals surface area contributed by atoms with Crippen molar-refractivity contribution in [2.75, 3.05) is 18.6 Å². The Morgan fingerprint density at radius 2 is 1.87 bits per heavy atom. The summed E-state index contributed by atoms with van der Waals surface area (Å²) >= 11 is 0. The van der Waals surface area contributed by atoms with E-state index in [1.54, 1.807) is 6.92 Å². The first-order valence-corrected chi connectivity index (χ1v) is 7.16. The lowest BCUT2D eigenvalue weighted by Crippen LogP contribution is -2.38. The van der Waals surface area contributed by atoms with E-state index in [0.29, 0.717) is 13.0 Å². The van der Waals surface area contributed by atoms with Crippen LogP contribution in [0.25, 0.3) is 0 Å². The Morgan fingerprint density at radius 1 is 1.33 bits per heavy atom. The maximum absolute atomic E-state index is 11.7. The van der Waals surface area contributed by atoms with E-state index in [9.17, 15) is 13.2 Å². The average molecular weight is 236 g/mol. The Morgan fingerprint density at radius 3 is 2.20 bits per heavy atom. The van der Waals surface area contributed by atoms with E-state index in [-0.39, 0.29) is 18.0 Å². The number of rotatable bonds is 7. The van der Waals surface area contributed by atoms with Crippen LogP contribution in [-0.2, 0) is 19.4 Å². The van der Waals surface area contributed by atoms with E-state index in [4.69, 9.17) is 4.74 Å². The summed E-state index contributed by atoms with van der Waals surface area (Å²) in [7, 11) is -3.08. The van der Waals surface area contributed by atoms with Crippen LogP contribution in [0.15, 0.2) is 0 Å². The van der Waals surface area contributed by atoms with Gasteiger partial charge in [0.1, 0.15) is 15.4 Å². The van der Waals surface area contributed by atoms with Gasteiger partial charge in [0.25, 0.3) is 0 Å². The molecule has 0 rings (SSSR count). The Hall–Kier alpha value is -0.420. The molecule has 0 aliphatic heterocycles. The lowest BCUT2D eigenvalue weighted by atomic mass is 9.95. The Balaban J connectivity index is 4.41. The van der Waals surface area contributed by atoms with Gasteiger partial charge in [-0.3, -0.25) is 4.79 Å². The molecule has 0 fully saturated rings. The van der Waals surface area contributed by atoms with Gasteiger partial charge in [-0.15, -0.1) is 0 Å². The Kier molecular flexibility index (Phi) is 5.45. The van der Waals surface area contributed by atoms with Gasteiger partial charge in [0.05, 0.1) is 5.75 Å². The second-order valence-electron chi connectivity index (χ2n) is 3.82. The van der Waals surface area contributed by atoms with Crippen molar-refractivity contribution in [2.45, 2.75) is 39.2 Å². The van der Waals surface area contributed by atoms with Crippen LogP contribution in [0.2, 0.25) is 0 Å². The summed E-state index contributed by atoms with van der Waals surface area (Å²) in [5.74, 6) is -0.244. The minimum Gasteiger partial charge on any atom is -0.368 e. The van der Waals surface area contributed by atoms with Crippen molar-refractivity contribution >= 4 is 15.6 Å². The molecule has 0 saturated heterocycles. The van der Waals surface area contributed by atoms with Crippen molar-refractivity contribution in [3.63, 3.8) is 0 Å². The normalized spacial score (nSPS) is 16.0. The first kappa shape index (κ1) is 14.6. The largest absolute Gasteiger partial charge is 0.368 e. The summed E-state index contributed by atoms with van der Waals surface area (Å²) in [4.78, 5) is 11.7. The highest BCUT2D eigenvalue weighted by molar-refractivity contribution is 7.90. The smallest absolute Gasteiger partial charge is 0.165 e. The van der Waals surface area contributed by atoms with E-state index in [1.807, 2.05) is 13.8 Å². The van der Waals surface area contributed by atoms with Crippen molar-refractivity contribution in [3.8, 4) is 0 Å². The van der Waals surface area contributed by atoms with Gasteiger partial charge in [0, 0.05) is 19.3 Å². The van der Waals surface area contributed by atoms with E-state index in [1.165, 1.54) is 0 Å². The highest BCUT2D eigenvalue weighted by Gasteiger charge is 2.31. The van der Waals surface area contributed by atoms with Crippen LogP contribution < -0.4 is 0 Å². The highest BCUT2D eigenvalue weighted by Crippen LogP contribution is 2.18. The number of hydrogen-bond acceptors (Lipinski definition) is 4. The molecule has 5 heteroatoms. The molecule has 0 aliphatic rings. The van der Waals surface area contributed by atoms with Crippen LogP contribution in [0, 0.1) is 0 Å². The van der Waals surface area contributed by atoms with Crippen LogP contribution >= 0.6 is 0 Å². The maximum atomic E-state index is 11.7. The number of carbonyl (C=O) groups is 1. The Bertz CT molecular complexity index is 307. The van der Waals surface area contributed by atoms with Crippen LogP contribution in [0.3, 0.4) is 0 Å². The highest BCUT2D eigenvalue weighted by atomic mass is 32.2. The molecular formula is C10H20O4S. The van der Waals surface area contributed by atoms with E-state index in [2.05, 4.69) is 0 Å². The summed E-state index contributed by atoms with van der Waals surface area (Å²) in [5.41, 5.74) is -0.834. The van der Waals surface area contributed by atoms with Crippen molar-refractivity contribution in [3.05, 3.63) is 0 Å².